The summed E-state index contributed by atoms with van der Waals surface area (Å²) < 4.78 is 6.02. The van der Waals surface area contributed by atoms with Gasteiger partial charge in [-0.05, 0) is 61.4 Å². The van der Waals surface area contributed by atoms with Crippen molar-refractivity contribution < 1.29 is 14.3 Å². The van der Waals surface area contributed by atoms with Crippen molar-refractivity contribution in [3.05, 3.63) is 77.9 Å². The lowest BCUT2D eigenvalue weighted by Crippen LogP contribution is -2.46. The Hall–Kier alpha value is -3.84. The molecule has 7 heteroatoms. The zero-order valence-electron chi connectivity index (χ0n) is 20.8. The summed E-state index contributed by atoms with van der Waals surface area (Å²) >= 11 is 0. The van der Waals surface area contributed by atoms with Crippen molar-refractivity contribution in [3.8, 4) is 16.9 Å². The lowest BCUT2D eigenvalue weighted by atomic mass is 9.99. The lowest BCUT2D eigenvalue weighted by molar-refractivity contribution is -0.122. The molecule has 186 valence electrons. The Labute approximate surface area is 212 Å². The van der Waals surface area contributed by atoms with E-state index in [9.17, 15) is 9.59 Å². The van der Waals surface area contributed by atoms with E-state index in [4.69, 9.17) is 4.74 Å². The van der Waals surface area contributed by atoms with E-state index in [0.717, 1.165) is 66.5 Å². The SMILES string of the molecule is CCNC(=O)c1ccc(N2CCN(Cc3cc4c(c(-c5ccccc5)c3)OC(C)C(=O)N4)CC2)cc1. The summed E-state index contributed by atoms with van der Waals surface area (Å²) in [4.78, 5) is 29.1. The van der Waals surface area contributed by atoms with Crippen LogP contribution in [0.25, 0.3) is 11.1 Å². The highest BCUT2D eigenvalue weighted by Crippen LogP contribution is 2.41. The van der Waals surface area contributed by atoms with Crippen molar-refractivity contribution in [2.45, 2.75) is 26.5 Å². The molecule has 0 aliphatic carbocycles. The van der Waals surface area contributed by atoms with Crippen LogP contribution in [-0.4, -0.2) is 55.5 Å². The first kappa shape index (κ1) is 23.9. The van der Waals surface area contributed by atoms with Crippen molar-refractivity contribution in [2.24, 2.45) is 0 Å². The van der Waals surface area contributed by atoms with E-state index < -0.39 is 6.10 Å². The van der Waals surface area contributed by atoms with Crippen molar-refractivity contribution in [2.75, 3.05) is 42.9 Å². The summed E-state index contributed by atoms with van der Waals surface area (Å²) in [7, 11) is 0. The molecule has 1 unspecified atom stereocenters. The second-order valence-electron chi connectivity index (χ2n) is 9.30. The molecule has 1 saturated heterocycles. The number of amides is 2. The van der Waals surface area contributed by atoms with Crippen LogP contribution < -0.4 is 20.3 Å². The minimum Gasteiger partial charge on any atom is -0.478 e. The number of rotatable bonds is 6. The molecule has 2 heterocycles. The van der Waals surface area contributed by atoms with Gasteiger partial charge in [-0.25, -0.2) is 0 Å². The number of nitrogens with one attached hydrogen (secondary N) is 2. The van der Waals surface area contributed by atoms with Gasteiger partial charge in [0.1, 0.15) is 0 Å². The number of nitrogens with zero attached hydrogens (tertiary/aromatic N) is 2. The fraction of sp³-hybridized carbons (Fsp3) is 0.310. The van der Waals surface area contributed by atoms with Crippen LogP contribution in [0, 0.1) is 0 Å². The maximum atomic E-state index is 12.3. The summed E-state index contributed by atoms with van der Waals surface area (Å²) in [6.07, 6.45) is -0.519. The number of benzene rings is 3. The first-order valence-electron chi connectivity index (χ1n) is 12.6. The first-order chi connectivity index (χ1) is 17.5. The second kappa shape index (κ2) is 10.4. The largest absolute Gasteiger partial charge is 0.478 e. The molecule has 7 nitrogen and oxygen atoms in total. The summed E-state index contributed by atoms with van der Waals surface area (Å²) in [5.41, 5.74) is 5.77. The molecule has 1 fully saturated rings. The average molecular weight is 485 g/mol. The molecule has 0 radical (unpaired) electrons. The van der Waals surface area contributed by atoms with Crippen molar-refractivity contribution >= 4 is 23.2 Å². The van der Waals surface area contributed by atoms with Gasteiger partial charge in [0.2, 0.25) is 0 Å². The molecule has 2 N–H and O–H groups in total. The molecular weight excluding hydrogens is 452 g/mol. The third-order valence-electron chi connectivity index (χ3n) is 6.77. The van der Waals surface area contributed by atoms with E-state index >= 15 is 0 Å². The van der Waals surface area contributed by atoms with Crippen LogP contribution >= 0.6 is 0 Å². The number of hydrogen-bond donors (Lipinski definition) is 2. The number of ether oxygens (including phenoxy) is 1. The van der Waals surface area contributed by atoms with Gasteiger partial charge in [-0.3, -0.25) is 14.5 Å². The molecule has 36 heavy (non-hydrogen) atoms. The van der Waals surface area contributed by atoms with Gasteiger partial charge in [-0.1, -0.05) is 30.3 Å². The fourth-order valence-corrected chi connectivity index (χ4v) is 4.81. The molecule has 3 aromatic rings. The molecular formula is C29H32N4O3. The number of carbonyl (C=O) groups is 2. The zero-order valence-corrected chi connectivity index (χ0v) is 20.8. The van der Waals surface area contributed by atoms with E-state index in [2.05, 4.69) is 38.6 Å². The van der Waals surface area contributed by atoms with E-state index in [1.807, 2.05) is 55.5 Å². The van der Waals surface area contributed by atoms with Crippen molar-refractivity contribution in [1.29, 1.82) is 0 Å². The minimum atomic E-state index is -0.519. The third kappa shape index (κ3) is 5.06. The Kier molecular flexibility index (Phi) is 6.91. The molecule has 3 aromatic carbocycles. The lowest BCUT2D eigenvalue weighted by Gasteiger charge is -2.36. The Balaban J connectivity index is 1.29. The molecule has 1 atom stereocenters. The highest BCUT2D eigenvalue weighted by atomic mass is 16.5. The quantitative estimate of drug-likeness (QED) is 0.550. The zero-order chi connectivity index (χ0) is 25.1. The predicted octanol–water partition coefficient (Wildman–Crippen LogP) is 4.14. The van der Waals surface area contributed by atoms with Crippen LogP contribution in [0.1, 0.15) is 29.8 Å². The molecule has 5 rings (SSSR count). The smallest absolute Gasteiger partial charge is 0.265 e. The van der Waals surface area contributed by atoms with Gasteiger partial charge in [0.15, 0.2) is 11.9 Å². The van der Waals surface area contributed by atoms with E-state index in [0.29, 0.717) is 12.1 Å². The van der Waals surface area contributed by atoms with E-state index in [-0.39, 0.29) is 11.8 Å². The number of hydrogen-bond acceptors (Lipinski definition) is 5. The normalized spacial score (nSPS) is 17.7. The summed E-state index contributed by atoms with van der Waals surface area (Å²) in [6.45, 7) is 8.78. The average Bonchev–Trinajstić information content (AvgIpc) is 2.90. The molecule has 2 amide bonds. The summed E-state index contributed by atoms with van der Waals surface area (Å²) in [6, 6.07) is 22.2. The fourth-order valence-electron chi connectivity index (χ4n) is 4.81. The van der Waals surface area contributed by atoms with Gasteiger partial charge in [0, 0.05) is 56.1 Å². The van der Waals surface area contributed by atoms with Gasteiger partial charge in [0.25, 0.3) is 11.8 Å². The molecule has 0 spiro atoms. The Morgan fingerprint density at radius 3 is 2.44 bits per heavy atom. The Morgan fingerprint density at radius 1 is 1.03 bits per heavy atom. The maximum absolute atomic E-state index is 12.3. The van der Waals surface area contributed by atoms with Crippen molar-refractivity contribution in [1.82, 2.24) is 10.2 Å². The third-order valence-corrected chi connectivity index (χ3v) is 6.77. The van der Waals surface area contributed by atoms with Crippen LogP contribution in [-0.2, 0) is 11.3 Å². The van der Waals surface area contributed by atoms with Crippen LogP contribution in [0.5, 0.6) is 5.75 Å². The summed E-state index contributed by atoms with van der Waals surface area (Å²) in [5.74, 6) is 0.577. The predicted molar refractivity (Wildman–Crippen MR) is 143 cm³/mol. The number of piperazine rings is 1. The van der Waals surface area contributed by atoms with Gasteiger partial charge in [0.05, 0.1) is 5.69 Å². The van der Waals surface area contributed by atoms with Crippen LogP contribution in [0.2, 0.25) is 0 Å². The van der Waals surface area contributed by atoms with Crippen LogP contribution in [0.4, 0.5) is 11.4 Å². The van der Waals surface area contributed by atoms with Gasteiger partial charge in [-0.15, -0.1) is 0 Å². The molecule has 0 saturated carbocycles. The van der Waals surface area contributed by atoms with E-state index in [1.165, 1.54) is 0 Å². The van der Waals surface area contributed by atoms with Crippen molar-refractivity contribution in [3.63, 3.8) is 0 Å². The van der Waals surface area contributed by atoms with E-state index in [1.54, 1.807) is 6.92 Å². The highest BCUT2D eigenvalue weighted by Gasteiger charge is 2.27. The van der Waals surface area contributed by atoms with Gasteiger partial charge in [-0.2, -0.15) is 0 Å². The molecule has 2 aliphatic rings. The maximum Gasteiger partial charge on any atom is 0.265 e. The topological polar surface area (TPSA) is 73.9 Å². The summed E-state index contributed by atoms with van der Waals surface area (Å²) in [5, 5.41) is 5.86. The monoisotopic (exact) mass is 484 g/mol. The Bertz CT molecular complexity index is 1240. The Morgan fingerprint density at radius 2 is 1.75 bits per heavy atom. The second-order valence-corrected chi connectivity index (χ2v) is 9.30. The van der Waals surface area contributed by atoms with Crippen LogP contribution in [0.15, 0.2) is 66.7 Å². The minimum absolute atomic E-state index is 0.0372. The van der Waals surface area contributed by atoms with Crippen LogP contribution in [0.3, 0.4) is 0 Å². The number of carbonyl (C=O) groups excluding carboxylic acids is 2. The standard InChI is InChI=1S/C29H32N4O3/c1-3-30-29(35)23-9-11-24(12-10-23)33-15-13-32(14-16-33)19-21-17-25(22-7-5-4-6-8-22)27-26(18-21)31-28(34)20(2)36-27/h4-12,17-18,20H,3,13-16,19H2,1-2H3,(H,30,35)(H,31,34). The first-order valence-corrected chi connectivity index (χ1v) is 12.6. The number of anilines is 2. The molecule has 2 aliphatic heterocycles. The van der Waals surface area contributed by atoms with Gasteiger partial charge < -0.3 is 20.3 Å². The number of fused-ring (bicyclic) bond motifs is 1. The molecule has 0 aromatic heterocycles. The highest BCUT2D eigenvalue weighted by molar-refractivity contribution is 5.99. The van der Waals surface area contributed by atoms with Gasteiger partial charge >= 0.3 is 0 Å². The molecule has 0 bridgehead atoms.